The van der Waals surface area contributed by atoms with E-state index in [2.05, 4.69) is 29.3 Å². The van der Waals surface area contributed by atoms with Gasteiger partial charge in [-0.25, -0.2) is 0 Å². The van der Waals surface area contributed by atoms with Gasteiger partial charge in [-0.3, -0.25) is 14.6 Å². The van der Waals surface area contributed by atoms with Crippen LogP contribution >= 0.6 is 0 Å². The third-order valence-corrected chi connectivity index (χ3v) is 8.25. The molecule has 0 aromatic rings. The maximum atomic E-state index is 13.0. The zero-order valence-electron chi connectivity index (χ0n) is 18.6. The Morgan fingerprint density at radius 3 is 2.71 bits per heavy atom. The SMILES string of the molecule is C[C@H]1CCC2C(C=CC3C2N=C(CC(=O)N2CCCC2)N3[C@@H]2CCCC(C(=O)O)C2)N1. The van der Waals surface area contributed by atoms with Crippen LogP contribution in [0.3, 0.4) is 0 Å². The van der Waals surface area contributed by atoms with Gasteiger partial charge in [0.1, 0.15) is 5.84 Å². The molecule has 3 fully saturated rings. The molecule has 0 radical (unpaired) electrons. The van der Waals surface area contributed by atoms with Gasteiger partial charge in [0.15, 0.2) is 0 Å². The number of likely N-dealkylation sites (tertiary alicyclic amines) is 1. The van der Waals surface area contributed by atoms with Crippen LogP contribution in [-0.4, -0.2) is 75.9 Å². The molecule has 2 aliphatic carbocycles. The summed E-state index contributed by atoms with van der Waals surface area (Å²) in [5, 5.41) is 13.4. The summed E-state index contributed by atoms with van der Waals surface area (Å²) in [6.07, 6.45) is 12.8. The molecule has 2 N–H and O–H groups in total. The first-order valence-electron chi connectivity index (χ1n) is 12.3. The molecule has 170 valence electrons. The highest BCUT2D eigenvalue weighted by atomic mass is 16.4. The Morgan fingerprint density at radius 1 is 1.13 bits per heavy atom. The first kappa shape index (κ1) is 21.0. The number of hydrogen-bond donors (Lipinski definition) is 2. The third-order valence-electron chi connectivity index (χ3n) is 8.25. The van der Waals surface area contributed by atoms with Gasteiger partial charge in [-0.1, -0.05) is 18.6 Å². The van der Waals surface area contributed by atoms with Gasteiger partial charge < -0.3 is 20.2 Å². The van der Waals surface area contributed by atoms with Crippen molar-refractivity contribution in [2.45, 2.75) is 94.9 Å². The van der Waals surface area contributed by atoms with Crippen LogP contribution in [0.2, 0.25) is 0 Å². The van der Waals surface area contributed by atoms with Crippen molar-refractivity contribution in [2.75, 3.05) is 13.1 Å². The highest BCUT2D eigenvalue weighted by Gasteiger charge is 2.48. The lowest BCUT2D eigenvalue weighted by Crippen LogP contribution is -2.56. The maximum absolute atomic E-state index is 13.0. The van der Waals surface area contributed by atoms with E-state index in [0.717, 1.165) is 63.9 Å². The van der Waals surface area contributed by atoms with Crippen LogP contribution in [0.25, 0.3) is 0 Å². The molecule has 5 unspecified atom stereocenters. The van der Waals surface area contributed by atoms with Crippen molar-refractivity contribution in [3.8, 4) is 0 Å². The summed E-state index contributed by atoms with van der Waals surface area (Å²) in [6, 6.07) is 1.36. The number of rotatable bonds is 4. The fourth-order valence-corrected chi connectivity index (χ4v) is 6.63. The van der Waals surface area contributed by atoms with Gasteiger partial charge in [0.05, 0.1) is 24.4 Å². The quantitative estimate of drug-likeness (QED) is 0.672. The van der Waals surface area contributed by atoms with Gasteiger partial charge in [0, 0.05) is 37.1 Å². The largest absolute Gasteiger partial charge is 0.481 e. The number of carboxylic acids is 1. The number of nitrogens with zero attached hydrogens (tertiary/aromatic N) is 3. The van der Waals surface area contributed by atoms with E-state index in [9.17, 15) is 14.7 Å². The summed E-state index contributed by atoms with van der Waals surface area (Å²) >= 11 is 0. The van der Waals surface area contributed by atoms with Gasteiger partial charge in [-0.15, -0.1) is 0 Å². The number of amidine groups is 1. The molecule has 3 aliphatic heterocycles. The number of hydrogen-bond acceptors (Lipinski definition) is 5. The Kier molecular flexibility index (Phi) is 5.80. The molecule has 5 rings (SSSR count). The normalized spacial score (nSPS) is 39.8. The zero-order valence-corrected chi connectivity index (χ0v) is 18.6. The predicted molar refractivity (Wildman–Crippen MR) is 119 cm³/mol. The Morgan fingerprint density at radius 2 is 1.94 bits per heavy atom. The molecule has 3 heterocycles. The van der Waals surface area contributed by atoms with Crippen LogP contribution in [0.1, 0.15) is 64.7 Å². The molecule has 0 aromatic heterocycles. The topological polar surface area (TPSA) is 85.2 Å². The Hall–Kier alpha value is -1.89. The summed E-state index contributed by atoms with van der Waals surface area (Å²) in [5.74, 6) is 0.572. The molecule has 1 saturated carbocycles. The van der Waals surface area contributed by atoms with Gasteiger partial charge in [-0.05, 0) is 51.9 Å². The second-order valence-electron chi connectivity index (χ2n) is 10.3. The maximum Gasteiger partial charge on any atom is 0.306 e. The minimum atomic E-state index is -0.684. The molecule has 5 aliphatic rings. The van der Waals surface area contributed by atoms with Crippen LogP contribution in [0, 0.1) is 11.8 Å². The van der Waals surface area contributed by atoms with E-state index < -0.39 is 5.97 Å². The molecule has 7 atom stereocenters. The first-order valence-corrected chi connectivity index (χ1v) is 12.3. The molecule has 0 bridgehead atoms. The second-order valence-corrected chi connectivity index (χ2v) is 10.3. The van der Waals surface area contributed by atoms with Crippen molar-refractivity contribution >= 4 is 17.7 Å². The van der Waals surface area contributed by atoms with Gasteiger partial charge in [0.2, 0.25) is 5.91 Å². The van der Waals surface area contributed by atoms with E-state index >= 15 is 0 Å². The lowest BCUT2D eigenvalue weighted by molar-refractivity contribution is -0.143. The number of carboxylic acid groups (broad SMARTS) is 1. The lowest BCUT2D eigenvalue weighted by Gasteiger charge is -2.45. The standard InChI is InChI=1S/C24H36N4O3/c1-15-7-8-18-19(25-15)9-10-20-23(18)26-21(14-22(29)27-11-2-3-12-27)28(20)17-6-4-5-16(13-17)24(30)31/h9-10,15-20,23,25H,2-8,11-14H2,1H3,(H,30,31)/t15-,16?,17+,18?,19?,20?,23?/m0/s1. The average molecular weight is 429 g/mol. The molecular formula is C24H36N4O3. The van der Waals surface area contributed by atoms with Gasteiger partial charge in [-0.2, -0.15) is 0 Å². The highest BCUT2D eigenvalue weighted by molar-refractivity contribution is 6.01. The Bertz CT molecular complexity index is 775. The van der Waals surface area contributed by atoms with Crippen LogP contribution in [0.15, 0.2) is 17.1 Å². The van der Waals surface area contributed by atoms with Crippen molar-refractivity contribution < 1.29 is 14.7 Å². The fraction of sp³-hybridized carbons (Fsp3) is 0.792. The van der Waals surface area contributed by atoms with E-state index in [0.29, 0.717) is 30.8 Å². The minimum Gasteiger partial charge on any atom is -0.481 e. The first-order chi connectivity index (χ1) is 15.0. The number of carbonyl (C=O) groups is 2. The van der Waals surface area contributed by atoms with E-state index in [-0.39, 0.29) is 30.0 Å². The van der Waals surface area contributed by atoms with Crippen LogP contribution in [0.4, 0.5) is 0 Å². The molecule has 7 heteroatoms. The van der Waals surface area contributed by atoms with Gasteiger partial charge >= 0.3 is 5.97 Å². The number of amides is 1. The molecule has 31 heavy (non-hydrogen) atoms. The van der Waals surface area contributed by atoms with Crippen molar-refractivity contribution in [1.82, 2.24) is 15.1 Å². The summed E-state index contributed by atoms with van der Waals surface area (Å²) in [4.78, 5) is 34.3. The van der Waals surface area contributed by atoms with E-state index in [4.69, 9.17) is 4.99 Å². The highest BCUT2D eigenvalue weighted by Crippen LogP contribution is 2.40. The third kappa shape index (κ3) is 4.01. The van der Waals surface area contributed by atoms with E-state index in [1.54, 1.807) is 0 Å². The lowest BCUT2D eigenvalue weighted by atomic mass is 9.75. The van der Waals surface area contributed by atoms with Crippen molar-refractivity contribution in [2.24, 2.45) is 16.8 Å². The summed E-state index contributed by atoms with van der Waals surface area (Å²) in [5.41, 5.74) is 0. The van der Waals surface area contributed by atoms with Crippen LogP contribution in [0.5, 0.6) is 0 Å². The Balaban J connectivity index is 1.41. The molecular weight excluding hydrogens is 392 g/mol. The second kappa shape index (κ2) is 8.57. The monoisotopic (exact) mass is 428 g/mol. The number of aliphatic carboxylic acids is 1. The average Bonchev–Trinajstić information content (AvgIpc) is 3.41. The number of aliphatic imine (C=N–C) groups is 1. The van der Waals surface area contributed by atoms with Crippen LogP contribution in [-0.2, 0) is 9.59 Å². The van der Waals surface area contributed by atoms with Crippen LogP contribution < -0.4 is 5.32 Å². The predicted octanol–water partition coefficient (Wildman–Crippen LogP) is 2.42. The number of piperidine rings is 1. The fourth-order valence-electron chi connectivity index (χ4n) is 6.63. The van der Waals surface area contributed by atoms with Crippen molar-refractivity contribution in [3.05, 3.63) is 12.2 Å². The summed E-state index contributed by atoms with van der Waals surface area (Å²) in [6.45, 7) is 3.96. The van der Waals surface area contributed by atoms with Crippen molar-refractivity contribution in [3.63, 3.8) is 0 Å². The molecule has 0 spiro atoms. The van der Waals surface area contributed by atoms with E-state index in [1.165, 1.54) is 0 Å². The number of fused-ring (bicyclic) bond motifs is 3. The van der Waals surface area contributed by atoms with Crippen molar-refractivity contribution in [1.29, 1.82) is 0 Å². The zero-order chi connectivity index (χ0) is 21.5. The molecule has 2 saturated heterocycles. The summed E-state index contributed by atoms with van der Waals surface area (Å²) in [7, 11) is 0. The minimum absolute atomic E-state index is 0.159. The smallest absolute Gasteiger partial charge is 0.306 e. The number of carbonyl (C=O) groups excluding carboxylic acids is 1. The summed E-state index contributed by atoms with van der Waals surface area (Å²) < 4.78 is 0. The Labute approximate surface area is 184 Å². The molecule has 0 aromatic carbocycles. The molecule has 7 nitrogen and oxygen atoms in total. The molecule has 1 amide bonds. The van der Waals surface area contributed by atoms with Gasteiger partial charge in [0.25, 0.3) is 0 Å². The number of nitrogens with one attached hydrogen (secondary N) is 1. The van der Waals surface area contributed by atoms with E-state index in [1.807, 2.05) is 4.90 Å².